The number of aromatic nitrogens is 1. The molecule has 1 aromatic heterocycles. The smallest absolute Gasteiger partial charge is 0.249 e. The van der Waals surface area contributed by atoms with Gasteiger partial charge in [-0.15, -0.1) is 0 Å². The number of primary amides is 1. The SMILES string of the molecule is NCc1ccc(OCCCC(=O)c2ccccc2C(N)=O)nc1. The minimum Gasteiger partial charge on any atom is -0.478 e. The number of hydrogen-bond acceptors (Lipinski definition) is 5. The quantitative estimate of drug-likeness (QED) is 0.569. The first-order valence-electron chi connectivity index (χ1n) is 7.31. The zero-order valence-electron chi connectivity index (χ0n) is 12.7. The third-order valence-electron chi connectivity index (χ3n) is 3.32. The Labute approximate surface area is 134 Å². The number of ether oxygens (including phenoxy) is 1. The topological polar surface area (TPSA) is 108 Å². The van der Waals surface area contributed by atoms with Gasteiger partial charge in [-0.3, -0.25) is 9.59 Å². The summed E-state index contributed by atoms with van der Waals surface area (Å²) in [7, 11) is 0. The van der Waals surface area contributed by atoms with E-state index in [0.717, 1.165) is 5.56 Å². The first kappa shape index (κ1) is 16.6. The summed E-state index contributed by atoms with van der Waals surface area (Å²) in [6, 6.07) is 10.1. The van der Waals surface area contributed by atoms with Crippen molar-refractivity contribution in [2.45, 2.75) is 19.4 Å². The van der Waals surface area contributed by atoms with Gasteiger partial charge in [0.15, 0.2) is 5.78 Å². The highest BCUT2D eigenvalue weighted by atomic mass is 16.5. The van der Waals surface area contributed by atoms with E-state index in [1.54, 1.807) is 36.5 Å². The number of rotatable bonds is 8. The highest BCUT2D eigenvalue weighted by Crippen LogP contribution is 2.13. The fourth-order valence-corrected chi connectivity index (χ4v) is 2.10. The highest BCUT2D eigenvalue weighted by molar-refractivity contribution is 6.07. The molecule has 23 heavy (non-hydrogen) atoms. The Morgan fingerprint density at radius 3 is 2.43 bits per heavy atom. The Kier molecular flexibility index (Phi) is 5.82. The third kappa shape index (κ3) is 4.62. The number of benzene rings is 1. The van der Waals surface area contributed by atoms with E-state index in [9.17, 15) is 9.59 Å². The monoisotopic (exact) mass is 313 g/mol. The van der Waals surface area contributed by atoms with E-state index in [1.807, 2.05) is 6.07 Å². The van der Waals surface area contributed by atoms with Gasteiger partial charge >= 0.3 is 0 Å². The van der Waals surface area contributed by atoms with Gasteiger partial charge < -0.3 is 16.2 Å². The van der Waals surface area contributed by atoms with Gasteiger partial charge in [-0.2, -0.15) is 0 Å². The van der Waals surface area contributed by atoms with Crippen molar-refractivity contribution >= 4 is 11.7 Å². The molecule has 0 aliphatic rings. The number of carbonyl (C=O) groups excluding carboxylic acids is 2. The van der Waals surface area contributed by atoms with Crippen molar-refractivity contribution in [3.8, 4) is 5.88 Å². The van der Waals surface area contributed by atoms with Crippen molar-refractivity contribution in [1.82, 2.24) is 4.98 Å². The molecule has 0 spiro atoms. The van der Waals surface area contributed by atoms with Gasteiger partial charge in [0.25, 0.3) is 0 Å². The van der Waals surface area contributed by atoms with Crippen molar-refractivity contribution < 1.29 is 14.3 Å². The van der Waals surface area contributed by atoms with Crippen LogP contribution in [0.2, 0.25) is 0 Å². The predicted molar refractivity (Wildman–Crippen MR) is 86.1 cm³/mol. The summed E-state index contributed by atoms with van der Waals surface area (Å²) in [5.41, 5.74) is 12.3. The molecule has 0 saturated heterocycles. The Bertz CT molecular complexity index is 684. The number of ketones is 1. The molecule has 0 aliphatic heterocycles. The van der Waals surface area contributed by atoms with Crippen LogP contribution in [-0.2, 0) is 6.54 Å². The lowest BCUT2D eigenvalue weighted by Crippen LogP contribution is -2.16. The van der Waals surface area contributed by atoms with Gasteiger partial charge in [-0.05, 0) is 18.1 Å². The van der Waals surface area contributed by atoms with Crippen LogP contribution < -0.4 is 16.2 Å². The van der Waals surface area contributed by atoms with Crippen LogP contribution in [0, 0.1) is 0 Å². The molecule has 2 aromatic rings. The van der Waals surface area contributed by atoms with Crippen LogP contribution >= 0.6 is 0 Å². The highest BCUT2D eigenvalue weighted by Gasteiger charge is 2.14. The lowest BCUT2D eigenvalue weighted by atomic mass is 10.0. The van der Waals surface area contributed by atoms with Gasteiger partial charge in [0.2, 0.25) is 11.8 Å². The number of carbonyl (C=O) groups is 2. The molecule has 120 valence electrons. The standard InChI is InChI=1S/C17H19N3O3/c18-10-12-7-8-16(20-11-12)23-9-3-6-15(21)13-4-1-2-5-14(13)17(19)22/h1-2,4-5,7-8,11H,3,6,9-10,18H2,(H2,19,22). The first-order chi connectivity index (χ1) is 11.1. The maximum Gasteiger partial charge on any atom is 0.249 e. The summed E-state index contributed by atoms with van der Waals surface area (Å²) in [5.74, 6) is -0.240. The zero-order chi connectivity index (χ0) is 16.7. The average Bonchev–Trinajstić information content (AvgIpc) is 2.59. The molecule has 0 bridgehead atoms. The van der Waals surface area contributed by atoms with Gasteiger partial charge in [0, 0.05) is 36.4 Å². The number of pyridine rings is 1. The summed E-state index contributed by atoms with van der Waals surface area (Å²) < 4.78 is 5.47. The van der Waals surface area contributed by atoms with Gasteiger partial charge in [-0.25, -0.2) is 4.98 Å². The molecule has 6 heteroatoms. The molecule has 0 atom stereocenters. The summed E-state index contributed by atoms with van der Waals surface area (Å²) in [4.78, 5) is 27.6. The number of amides is 1. The van der Waals surface area contributed by atoms with Crippen LogP contribution in [0.5, 0.6) is 5.88 Å². The van der Waals surface area contributed by atoms with Crippen molar-refractivity contribution in [2.75, 3.05) is 6.61 Å². The molecule has 2 rings (SSSR count). The Balaban J connectivity index is 1.84. The normalized spacial score (nSPS) is 10.3. The largest absolute Gasteiger partial charge is 0.478 e. The van der Waals surface area contributed by atoms with Crippen LogP contribution in [0.25, 0.3) is 0 Å². The van der Waals surface area contributed by atoms with E-state index in [-0.39, 0.29) is 17.8 Å². The first-order valence-corrected chi connectivity index (χ1v) is 7.31. The number of hydrogen-bond donors (Lipinski definition) is 2. The lowest BCUT2D eigenvalue weighted by molar-refractivity contribution is 0.0951. The fraction of sp³-hybridized carbons (Fsp3) is 0.235. The molecule has 1 amide bonds. The molecule has 0 saturated carbocycles. The molecule has 0 aliphatic carbocycles. The van der Waals surface area contributed by atoms with Gasteiger partial charge in [-0.1, -0.05) is 24.3 Å². The van der Waals surface area contributed by atoms with Crippen LogP contribution in [0.4, 0.5) is 0 Å². The minimum absolute atomic E-state index is 0.130. The number of nitrogens with zero attached hydrogens (tertiary/aromatic N) is 1. The molecule has 4 N–H and O–H groups in total. The molecular weight excluding hydrogens is 294 g/mol. The van der Waals surface area contributed by atoms with Crippen LogP contribution in [-0.4, -0.2) is 23.3 Å². The van der Waals surface area contributed by atoms with E-state index in [0.29, 0.717) is 31.0 Å². The molecular formula is C17H19N3O3. The summed E-state index contributed by atoms with van der Waals surface area (Å²) in [6.07, 6.45) is 2.45. The Morgan fingerprint density at radius 2 is 1.83 bits per heavy atom. The molecule has 1 aromatic carbocycles. The van der Waals surface area contributed by atoms with E-state index < -0.39 is 5.91 Å². The molecule has 0 unspecified atom stereocenters. The van der Waals surface area contributed by atoms with Crippen molar-refractivity contribution in [3.63, 3.8) is 0 Å². The molecule has 0 fully saturated rings. The van der Waals surface area contributed by atoms with Crippen molar-refractivity contribution in [2.24, 2.45) is 11.5 Å². The summed E-state index contributed by atoms with van der Waals surface area (Å²) >= 11 is 0. The predicted octanol–water partition coefficient (Wildman–Crippen LogP) is 1.68. The van der Waals surface area contributed by atoms with E-state index >= 15 is 0 Å². The fourth-order valence-electron chi connectivity index (χ4n) is 2.10. The summed E-state index contributed by atoms with van der Waals surface area (Å²) in [5, 5.41) is 0. The minimum atomic E-state index is -0.602. The number of Topliss-reactive ketones (excluding diaryl/α,β-unsaturated/α-hetero) is 1. The van der Waals surface area contributed by atoms with E-state index in [1.165, 1.54) is 0 Å². The lowest BCUT2D eigenvalue weighted by Gasteiger charge is -2.07. The van der Waals surface area contributed by atoms with Crippen molar-refractivity contribution in [3.05, 3.63) is 59.3 Å². The Hall–Kier alpha value is -2.73. The second-order valence-electron chi connectivity index (χ2n) is 4.99. The van der Waals surface area contributed by atoms with Crippen LogP contribution in [0.1, 0.15) is 39.1 Å². The van der Waals surface area contributed by atoms with E-state index in [2.05, 4.69) is 4.98 Å². The summed E-state index contributed by atoms with van der Waals surface area (Å²) in [6.45, 7) is 0.792. The Morgan fingerprint density at radius 1 is 1.09 bits per heavy atom. The maximum absolute atomic E-state index is 12.2. The van der Waals surface area contributed by atoms with Crippen molar-refractivity contribution in [1.29, 1.82) is 0 Å². The third-order valence-corrected chi connectivity index (χ3v) is 3.32. The average molecular weight is 313 g/mol. The van der Waals surface area contributed by atoms with E-state index in [4.69, 9.17) is 16.2 Å². The van der Waals surface area contributed by atoms with Gasteiger partial charge in [0.05, 0.1) is 6.61 Å². The molecule has 6 nitrogen and oxygen atoms in total. The van der Waals surface area contributed by atoms with Crippen LogP contribution in [0.3, 0.4) is 0 Å². The van der Waals surface area contributed by atoms with Crippen LogP contribution in [0.15, 0.2) is 42.6 Å². The zero-order valence-corrected chi connectivity index (χ0v) is 12.7. The molecule has 0 radical (unpaired) electrons. The second-order valence-corrected chi connectivity index (χ2v) is 4.99. The van der Waals surface area contributed by atoms with Gasteiger partial charge in [0.1, 0.15) is 0 Å². The second kappa shape index (κ2) is 8.05. The molecule has 1 heterocycles. The number of nitrogens with two attached hydrogens (primary N) is 2. The maximum atomic E-state index is 12.2.